The SMILES string of the molecule is Cc1ccc(C)c(-n2nc(-c3cccs3)cc2C(=O)NCCN2CCCC2)c1. The van der Waals surface area contributed by atoms with E-state index < -0.39 is 0 Å². The summed E-state index contributed by atoms with van der Waals surface area (Å²) < 4.78 is 1.79. The lowest BCUT2D eigenvalue weighted by Gasteiger charge is -2.15. The fraction of sp³-hybridized carbons (Fsp3) is 0.364. The molecule has 2 aromatic heterocycles. The fourth-order valence-corrected chi connectivity index (χ4v) is 4.32. The van der Waals surface area contributed by atoms with E-state index in [0.29, 0.717) is 12.2 Å². The molecule has 4 rings (SSSR count). The van der Waals surface area contributed by atoms with Crippen LogP contribution in [0, 0.1) is 13.8 Å². The fourth-order valence-electron chi connectivity index (χ4n) is 3.64. The Labute approximate surface area is 170 Å². The molecule has 1 aliphatic heterocycles. The van der Waals surface area contributed by atoms with Crippen molar-refractivity contribution in [1.29, 1.82) is 0 Å². The molecule has 1 aromatic carbocycles. The highest BCUT2D eigenvalue weighted by Crippen LogP contribution is 2.27. The maximum absolute atomic E-state index is 13.0. The summed E-state index contributed by atoms with van der Waals surface area (Å²) in [6.45, 7) is 7.95. The zero-order valence-corrected chi connectivity index (χ0v) is 17.3. The minimum atomic E-state index is -0.0737. The van der Waals surface area contributed by atoms with Gasteiger partial charge in [-0.1, -0.05) is 18.2 Å². The van der Waals surface area contributed by atoms with Crippen molar-refractivity contribution in [1.82, 2.24) is 20.0 Å². The number of rotatable bonds is 6. The molecular formula is C22H26N4OS. The molecule has 1 fully saturated rings. The number of nitrogens with one attached hydrogen (secondary N) is 1. The van der Waals surface area contributed by atoms with Crippen molar-refractivity contribution < 1.29 is 4.79 Å². The quantitative estimate of drug-likeness (QED) is 0.686. The van der Waals surface area contributed by atoms with Gasteiger partial charge in [0.1, 0.15) is 11.4 Å². The van der Waals surface area contributed by atoms with Crippen LogP contribution in [0.5, 0.6) is 0 Å². The number of aryl methyl sites for hydroxylation is 2. The monoisotopic (exact) mass is 394 g/mol. The second-order valence-electron chi connectivity index (χ2n) is 7.40. The van der Waals surface area contributed by atoms with Crippen LogP contribution in [-0.4, -0.2) is 46.8 Å². The second kappa shape index (κ2) is 8.29. The Morgan fingerprint density at radius 2 is 2.00 bits per heavy atom. The smallest absolute Gasteiger partial charge is 0.270 e. The molecule has 0 atom stereocenters. The lowest BCUT2D eigenvalue weighted by atomic mass is 10.1. The van der Waals surface area contributed by atoms with Crippen molar-refractivity contribution in [3.05, 3.63) is 58.6 Å². The lowest BCUT2D eigenvalue weighted by molar-refractivity contribution is 0.0942. The Balaban J connectivity index is 1.62. The number of benzene rings is 1. The molecule has 1 saturated heterocycles. The van der Waals surface area contributed by atoms with Gasteiger partial charge in [0, 0.05) is 13.1 Å². The van der Waals surface area contributed by atoms with E-state index in [9.17, 15) is 4.79 Å². The number of aromatic nitrogens is 2. The number of carbonyl (C=O) groups is 1. The van der Waals surface area contributed by atoms with Gasteiger partial charge in [-0.3, -0.25) is 4.79 Å². The predicted molar refractivity (Wildman–Crippen MR) is 114 cm³/mol. The Morgan fingerprint density at radius 1 is 1.18 bits per heavy atom. The van der Waals surface area contributed by atoms with Crippen LogP contribution < -0.4 is 5.32 Å². The first-order valence-electron chi connectivity index (χ1n) is 9.84. The summed E-state index contributed by atoms with van der Waals surface area (Å²) in [5.41, 5.74) is 4.61. The Bertz CT molecular complexity index is 955. The van der Waals surface area contributed by atoms with Crippen LogP contribution >= 0.6 is 11.3 Å². The average Bonchev–Trinajstić information content (AvgIpc) is 3.44. The van der Waals surface area contributed by atoms with E-state index in [1.54, 1.807) is 16.0 Å². The second-order valence-corrected chi connectivity index (χ2v) is 8.35. The summed E-state index contributed by atoms with van der Waals surface area (Å²) in [6, 6.07) is 12.2. The number of carbonyl (C=O) groups excluding carboxylic acids is 1. The van der Waals surface area contributed by atoms with Gasteiger partial charge in [0.2, 0.25) is 0 Å². The molecule has 1 aliphatic rings. The van der Waals surface area contributed by atoms with E-state index in [4.69, 9.17) is 5.10 Å². The maximum atomic E-state index is 13.0. The summed E-state index contributed by atoms with van der Waals surface area (Å²) in [6.07, 6.45) is 2.52. The van der Waals surface area contributed by atoms with Gasteiger partial charge >= 0.3 is 0 Å². The van der Waals surface area contributed by atoms with Crippen LogP contribution in [0.1, 0.15) is 34.5 Å². The molecule has 0 saturated carbocycles. The molecule has 28 heavy (non-hydrogen) atoms. The minimum Gasteiger partial charge on any atom is -0.349 e. The number of amides is 1. The van der Waals surface area contributed by atoms with Crippen molar-refractivity contribution in [2.24, 2.45) is 0 Å². The van der Waals surface area contributed by atoms with E-state index in [-0.39, 0.29) is 5.91 Å². The Hall–Kier alpha value is -2.44. The summed E-state index contributed by atoms with van der Waals surface area (Å²) >= 11 is 1.63. The van der Waals surface area contributed by atoms with Gasteiger partial charge in [0.05, 0.1) is 10.6 Å². The van der Waals surface area contributed by atoms with Crippen LogP contribution in [0.15, 0.2) is 41.8 Å². The molecule has 0 bridgehead atoms. The standard InChI is InChI=1S/C22H26N4OS/c1-16-7-8-17(2)19(14-16)26-20(15-18(24-26)21-6-5-13-28-21)22(27)23-9-12-25-10-3-4-11-25/h5-8,13-15H,3-4,9-12H2,1-2H3,(H,23,27). The van der Waals surface area contributed by atoms with Gasteiger partial charge in [-0.05, 0) is 74.5 Å². The maximum Gasteiger partial charge on any atom is 0.270 e. The van der Waals surface area contributed by atoms with E-state index in [0.717, 1.165) is 47.0 Å². The first kappa shape index (κ1) is 18.9. The third-order valence-corrected chi connectivity index (χ3v) is 6.11. The van der Waals surface area contributed by atoms with Gasteiger partial charge in [-0.25, -0.2) is 4.68 Å². The van der Waals surface area contributed by atoms with Gasteiger partial charge in [-0.15, -0.1) is 11.3 Å². The van der Waals surface area contributed by atoms with Crippen molar-refractivity contribution in [2.45, 2.75) is 26.7 Å². The van der Waals surface area contributed by atoms with Crippen molar-refractivity contribution in [3.63, 3.8) is 0 Å². The number of nitrogens with zero attached hydrogens (tertiary/aromatic N) is 3. The summed E-state index contributed by atoms with van der Waals surface area (Å²) in [4.78, 5) is 16.5. The van der Waals surface area contributed by atoms with Gasteiger partial charge in [-0.2, -0.15) is 5.10 Å². The number of hydrogen-bond donors (Lipinski definition) is 1. The molecule has 3 heterocycles. The van der Waals surface area contributed by atoms with Crippen LogP contribution in [0.2, 0.25) is 0 Å². The van der Waals surface area contributed by atoms with Gasteiger partial charge in [0.15, 0.2) is 0 Å². The lowest BCUT2D eigenvalue weighted by Crippen LogP contribution is -2.34. The molecule has 0 unspecified atom stereocenters. The van der Waals surface area contributed by atoms with Crippen molar-refractivity contribution in [3.8, 4) is 16.3 Å². The normalized spacial score (nSPS) is 14.5. The van der Waals surface area contributed by atoms with E-state index >= 15 is 0 Å². The Kier molecular flexibility index (Phi) is 5.59. The zero-order chi connectivity index (χ0) is 19.5. The molecule has 1 N–H and O–H groups in total. The zero-order valence-electron chi connectivity index (χ0n) is 16.4. The largest absolute Gasteiger partial charge is 0.349 e. The van der Waals surface area contributed by atoms with Crippen molar-refractivity contribution >= 4 is 17.2 Å². The molecule has 3 aromatic rings. The highest BCUT2D eigenvalue weighted by Gasteiger charge is 2.19. The minimum absolute atomic E-state index is 0.0737. The Morgan fingerprint density at radius 3 is 2.75 bits per heavy atom. The molecule has 5 nitrogen and oxygen atoms in total. The summed E-state index contributed by atoms with van der Waals surface area (Å²) in [7, 11) is 0. The van der Waals surface area contributed by atoms with Gasteiger partial charge in [0.25, 0.3) is 5.91 Å². The summed E-state index contributed by atoms with van der Waals surface area (Å²) in [5.74, 6) is -0.0737. The van der Waals surface area contributed by atoms with Crippen LogP contribution in [0.25, 0.3) is 16.3 Å². The van der Waals surface area contributed by atoms with E-state index in [1.807, 2.05) is 23.6 Å². The highest BCUT2D eigenvalue weighted by molar-refractivity contribution is 7.13. The molecule has 0 radical (unpaired) electrons. The summed E-state index contributed by atoms with van der Waals surface area (Å²) in [5, 5.41) is 9.91. The van der Waals surface area contributed by atoms with E-state index in [1.165, 1.54) is 12.8 Å². The van der Waals surface area contributed by atoms with E-state index in [2.05, 4.69) is 42.3 Å². The molecule has 1 amide bonds. The number of hydrogen-bond acceptors (Lipinski definition) is 4. The third kappa shape index (κ3) is 4.03. The first-order chi connectivity index (χ1) is 13.6. The molecule has 146 valence electrons. The molecule has 0 spiro atoms. The third-order valence-electron chi connectivity index (χ3n) is 5.22. The van der Waals surface area contributed by atoms with Crippen LogP contribution in [0.3, 0.4) is 0 Å². The van der Waals surface area contributed by atoms with Gasteiger partial charge < -0.3 is 10.2 Å². The van der Waals surface area contributed by atoms with Crippen LogP contribution in [-0.2, 0) is 0 Å². The van der Waals surface area contributed by atoms with Crippen molar-refractivity contribution in [2.75, 3.05) is 26.2 Å². The first-order valence-corrected chi connectivity index (χ1v) is 10.7. The average molecular weight is 395 g/mol. The number of likely N-dealkylation sites (tertiary alicyclic amines) is 1. The molecular weight excluding hydrogens is 368 g/mol. The molecule has 6 heteroatoms. The predicted octanol–water partition coefficient (Wildman–Crippen LogP) is 4.04. The molecule has 0 aliphatic carbocycles. The highest BCUT2D eigenvalue weighted by atomic mass is 32.1. The topological polar surface area (TPSA) is 50.2 Å². The number of thiophene rings is 1. The van der Waals surface area contributed by atoms with Crippen LogP contribution in [0.4, 0.5) is 0 Å².